The monoisotopic (exact) mass is 504 g/mol. The zero-order valence-electron chi connectivity index (χ0n) is 19.0. The van der Waals surface area contributed by atoms with Gasteiger partial charge in [-0.2, -0.15) is 0 Å². The molecule has 5 atom stereocenters. The van der Waals surface area contributed by atoms with Crippen molar-refractivity contribution in [1.29, 1.82) is 0 Å². The van der Waals surface area contributed by atoms with Crippen LogP contribution < -0.4 is 38.9 Å². The highest BCUT2D eigenvalue weighted by molar-refractivity contribution is 5.97. The number of rotatable bonds is 16. The Hall–Kier alpha value is -3.99. The van der Waals surface area contributed by atoms with Crippen molar-refractivity contribution < 1.29 is 44.1 Å². The van der Waals surface area contributed by atoms with E-state index in [9.17, 15) is 33.9 Å². The first kappa shape index (κ1) is 31.0. The average Bonchev–Trinajstić information content (AvgIpc) is 2.72. The number of aliphatic carboxylic acids is 2. The number of carboxylic acids is 2. The number of aliphatic imine (C=N–C) groups is 1. The van der Waals surface area contributed by atoms with Crippen molar-refractivity contribution in [3.63, 3.8) is 0 Å². The van der Waals surface area contributed by atoms with Crippen molar-refractivity contribution >= 4 is 41.5 Å². The van der Waals surface area contributed by atoms with Crippen LogP contribution in [0.2, 0.25) is 0 Å². The van der Waals surface area contributed by atoms with Crippen LogP contribution in [0.3, 0.4) is 0 Å². The summed E-state index contributed by atoms with van der Waals surface area (Å²) in [5.74, 6) is -7.55. The highest BCUT2D eigenvalue weighted by Crippen LogP contribution is 2.03. The Kier molecular flexibility index (Phi) is 13.3. The van der Waals surface area contributed by atoms with Crippen LogP contribution in [-0.2, 0) is 28.8 Å². The first-order valence-corrected chi connectivity index (χ1v) is 10.3. The minimum absolute atomic E-state index is 0.105. The van der Waals surface area contributed by atoms with Gasteiger partial charge >= 0.3 is 11.9 Å². The van der Waals surface area contributed by atoms with Gasteiger partial charge in [-0.25, -0.2) is 4.79 Å². The highest BCUT2D eigenvalue weighted by Gasteiger charge is 2.33. The third-order valence-electron chi connectivity index (χ3n) is 4.40. The Bertz CT molecular complexity index is 829. The van der Waals surface area contributed by atoms with E-state index in [1.54, 1.807) is 0 Å². The van der Waals surface area contributed by atoms with Gasteiger partial charge in [-0.1, -0.05) is 0 Å². The molecule has 0 heterocycles. The number of aliphatic hydroxyl groups excluding tert-OH is 1. The van der Waals surface area contributed by atoms with Crippen LogP contribution >= 0.6 is 0 Å². The lowest BCUT2D eigenvalue weighted by Crippen LogP contribution is -2.59. The van der Waals surface area contributed by atoms with E-state index in [2.05, 4.69) is 10.3 Å². The molecule has 0 aliphatic rings. The van der Waals surface area contributed by atoms with Gasteiger partial charge in [0, 0.05) is 6.54 Å². The summed E-state index contributed by atoms with van der Waals surface area (Å²) in [6.45, 7) is 1.26. The molecule has 17 heteroatoms. The summed E-state index contributed by atoms with van der Waals surface area (Å²) < 4.78 is 0. The van der Waals surface area contributed by atoms with E-state index in [1.165, 1.54) is 0 Å². The third kappa shape index (κ3) is 12.7. The molecule has 0 saturated carbocycles. The topological polar surface area (TPSA) is 316 Å². The molecular formula is C18H32N8O9. The smallest absolute Gasteiger partial charge is 0.328 e. The molecule has 0 bridgehead atoms. The van der Waals surface area contributed by atoms with E-state index in [-0.39, 0.29) is 18.9 Å². The third-order valence-corrected chi connectivity index (χ3v) is 4.40. The van der Waals surface area contributed by atoms with E-state index in [4.69, 9.17) is 33.1 Å². The van der Waals surface area contributed by atoms with Gasteiger partial charge in [0.05, 0.1) is 25.0 Å². The molecule has 198 valence electrons. The van der Waals surface area contributed by atoms with Gasteiger partial charge in [0.1, 0.15) is 12.1 Å². The number of nitrogens with two attached hydrogens (primary N) is 4. The Morgan fingerprint density at radius 1 is 0.857 bits per heavy atom. The summed E-state index contributed by atoms with van der Waals surface area (Å²) in [5, 5.41) is 33.8. The quantitative estimate of drug-likeness (QED) is 0.0535. The molecular weight excluding hydrogens is 472 g/mol. The van der Waals surface area contributed by atoms with Crippen molar-refractivity contribution in [2.45, 2.75) is 62.9 Å². The van der Waals surface area contributed by atoms with Gasteiger partial charge in [0.2, 0.25) is 23.6 Å². The lowest BCUT2D eigenvalue weighted by Gasteiger charge is -2.24. The average molecular weight is 505 g/mol. The Labute approximate surface area is 199 Å². The number of carbonyl (C=O) groups excluding carboxylic acids is 4. The Morgan fingerprint density at radius 3 is 1.83 bits per heavy atom. The predicted octanol–water partition coefficient (Wildman–Crippen LogP) is -5.36. The SMILES string of the molecule is CC(O)C(NC(=O)C(CC(=O)O)NC(=O)C(CC(N)=O)NC(=O)C(N)CCCN=C(N)N)C(=O)O. The molecule has 0 aromatic heterocycles. The fraction of sp³-hybridized carbons (Fsp3) is 0.611. The van der Waals surface area contributed by atoms with Gasteiger partial charge in [-0.15, -0.1) is 0 Å². The van der Waals surface area contributed by atoms with Crippen LogP contribution in [0, 0.1) is 0 Å². The minimum atomic E-state index is -1.82. The van der Waals surface area contributed by atoms with Crippen LogP contribution in [0.15, 0.2) is 4.99 Å². The van der Waals surface area contributed by atoms with Crippen molar-refractivity contribution in [3.8, 4) is 0 Å². The van der Waals surface area contributed by atoms with E-state index in [0.29, 0.717) is 6.42 Å². The van der Waals surface area contributed by atoms with E-state index in [1.807, 2.05) is 10.6 Å². The number of aliphatic hydroxyl groups is 1. The molecule has 17 nitrogen and oxygen atoms in total. The lowest BCUT2D eigenvalue weighted by atomic mass is 10.1. The molecule has 35 heavy (non-hydrogen) atoms. The van der Waals surface area contributed by atoms with Gasteiger partial charge in [-0.05, 0) is 19.8 Å². The molecule has 0 aromatic carbocycles. The molecule has 0 rings (SSSR count). The maximum atomic E-state index is 12.7. The zero-order valence-corrected chi connectivity index (χ0v) is 19.0. The van der Waals surface area contributed by atoms with Crippen molar-refractivity contribution in [2.75, 3.05) is 6.54 Å². The van der Waals surface area contributed by atoms with Crippen LogP contribution in [0.5, 0.6) is 0 Å². The van der Waals surface area contributed by atoms with Crippen LogP contribution in [0.4, 0.5) is 0 Å². The summed E-state index contributed by atoms with van der Waals surface area (Å²) >= 11 is 0. The summed E-state index contributed by atoms with van der Waals surface area (Å²) in [5.41, 5.74) is 21.2. The fourth-order valence-electron chi connectivity index (χ4n) is 2.64. The van der Waals surface area contributed by atoms with Crippen LogP contribution in [0.25, 0.3) is 0 Å². The van der Waals surface area contributed by atoms with Gasteiger partial charge < -0.3 is 54.2 Å². The van der Waals surface area contributed by atoms with Crippen molar-refractivity contribution in [2.24, 2.45) is 27.9 Å². The van der Waals surface area contributed by atoms with Crippen LogP contribution in [0.1, 0.15) is 32.6 Å². The first-order valence-electron chi connectivity index (χ1n) is 10.3. The number of nitrogens with one attached hydrogen (secondary N) is 3. The predicted molar refractivity (Wildman–Crippen MR) is 119 cm³/mol. The number of carboxylic acid groups (broad SMARTS) is 2. The molecule has 0 saturated heterocycles. The number of hydrogen-bond donors (Lipinski definition) is 10. The maximum Gasteiger partial charge on any atom is 0.328 e. The second-order valence-electron chi connectivity index (χ2n) is 7.51. The molecule has 0 fully saturated rings. The molecule has 0 radical (unpaired) electrons. The molecule has 0 aliphatic heterocycles. The van der Waals surface area contributed by atoms with E-state index < -0.39 is 78.7 Å². The second kappa shape index (κ2) is 15.0. The Morgan fingerprint density at radius 2 is 1.37 bits per heavy atom. The summed E-state index contributed by atoms with van der Waals surface area (Å²) in [6, 6.07) is -6.37. The van der Waals surface area contributed by atoms with Crippen molar-refractivity contribution in [1.82, 2.24) is 16.0 Å². The van der Waals surface area contributed by atoms with Gasteiger partial charge in [-0.3, -0.25) is 29.0 Å². The number of hydrogen-bond acceptors (Lipinski definition) is 9. The van der Waals surface area contributed by atoms with Crippen molar-refractivity contribution in [3.05, 3.63) is 0 Å². The normalized spacial score (nSPS) is 14.8. The molecule has 0 aliphatic carbocycles. The summed E-state index contributed by atoms with van der Waals surface area (Å²) in [7, 11) is 0. The second-order valence-corrected chi connectivity index (χ2v) is 7.51. The number of carbonyl (C=O) groups is 6. The largest absolute Gasteiger partial charge is 0.481 e. The molecule has 0 spiro atoms. The molecule has 4 amide bonds. The fourth-order valence-corrected chi connectivity index (χ4v) is 2.64. The summed E-state index contributed by atoms with van der Waals surface area (Å²) in [6.07, 6.45) is -2.83. The lowest BCUT2D eigenvalue weighted by molar-refractivity contribution is -0.146. The molecule has 0 aromatic rings. The van der Waals surface area contributed by atoms with E-state index in [0.717, 1.165) is 6.92 Å². The number of guanidine groups is 1. The zero-order chi connectivity index (χ0) is 27.3. The molecule has 5 unspecified atom stereocenters. The highest BCUT2D eigenvalue weighted by atomic mass is 16.4. The van der Waals surface area contributed by atoms with Gasteiger partial charge in [0.25, 0.3) is 0 Å². The summed E-state index contributed by atoms with van der Waals surface area (Å²) in [4.78, 5) is 74.9. The number of amides is 4. The van der Waals surface area contributed by atoms with Crippen LogP contribution in [-0.4, -0.2) is 93.7 Å². The molecule has 14 N–H and O–H groups in total. The Balaban J connectivity index is 5.43. The standard InChI is InChI=1S/C18H32N8O9/c1-7(27)13(17(34)35)26-16(33)10(6-12(29)30)25-15(32)9(5-11(20)28)24-14(31)8(19)3-2-4-23-18(21)22/h7-10,13,27H,2-6,19H2,1H3,(H2,20,28)(H,24,31)(H,25,32)(H,26,33)(H,29,30)(H,34,35)(H4,21,22,23). The van der Waals surface area contributed by atoms with E-state index >= 15 is 0 Å². The number of nitrogens with zero attached hydrogens (tertiary/aromatic N) is 1. The maximum absolute atomic E-state index is 12.7. The minimum Gasteiger partial charge on any atom is -0.481 e. The number of primary amides is 1. The van der Waals surface area contributed by atoms with Gasteiger partial charge in [0.15, 0.2) is 12.0 Å². The first-order chi connectivity index (χ1) is 16.1.